The van der Waals surface area contributed by atoms with Gasteiger partial charge < -0.3 is 9.67 Å². The molecule has 0 spiro atoms. The van der Waals surface area contributed by atoms with E-state index >= 15 is 0 Å². The molecule has 8 heteroatoms. The van der Waals surface area contributed by atoms with Crippen molar-refractivity contribution < 1.29 is 18.3 Å². The van der Waals surface area contributed by atoms with E-state index in [0.29, 0.717) is 19.4 Å². The lowest BCUT2D eigenvalue weighted by molar-refractivity contribution is -0.143. The summed E-state index contributed by atoms with van der Waals surface area (Å²) < 4.78 is 28.1. The summed E-state index contributed by atoms with van der Waals surface area (Å²) in [5, 5.41) is 9.04. The zero-order valence-electron chi connectivity index (χ0n) is 11.6. The Labute approximate surface area is 118 Å². The van der Waals surface area contributed by atoms with Crippen LogP contribution in [-0.2, 0) is 21.4 Å². The van der Waals surface area contributed by atoms with Crippen LogP contribution in [0.3, 0.4) is 0 Å². The SMILES string of the molecule is CCn1cnc(S(=O)(=O)N2CCC(C(=O)O)CC2C)c1. The molecule has 2 rings (SSSR count). The molecule has 20 heavy (non-hydrogen) atoms. The molecule has 1 fully saturated rings. The van der Waals surface area contributed by atoms with Crippen molar-refractivity contribution in [2.24, 2.45) is 5.92 Å². The van der Waals surface area contributed by atoms with E-state index in [-0.39, 0.29) is 17.6 Å². The van der Waals surface area contributed by atoms with E-state index in [0.717, 1.165) is 0 Å². The predicted octanol–water partition coefficient (Wildman–Crippen LogP) is 0.777. The number of carboxylic acid groups (broad SMARTS) is 1. The normalized spacial score (nSPS) is 24.7. The molecule has 1 saturated heterocycles. The van der Waals surface area contributed by atoms with Crippen molar-refractivity contribution in [3.05, 3.63) is 12.5 Å². The quantitative estimate of drug-likeness (QED) is 0.887. The number of hydrogen-bond donors (Lipinski definition) is 1. The number of hydrogen-bond acceptors (Lipinski definition) is 4. The summed E-state index contributed by atoms with van der Waals surface area (Å²) in [7, 11) is -3.64. The van der Waals surface area contributed by atoms with Gasteiger partial charge in [0.05, 0.1) is 12.2 Å². The van der Waals surface area contributed by atoms with Crippen LogP contribution in [-0.4, -0.2) is 45.9 Å². The first-order valence-corrected chi connectivity index (χ1v) is 8.06. The van der Waals surface area contributed by atoms with Gasteiger partial charge in [0.15, 0.2) is 5.03 Å². The molecule has 1 aromatic rings. The van der Waals surface area contributed by atoms with E-state index in [1.807, 2.05) is 6.92 Å². The molecule has 2 atom stereocenters. The number of aryl methyl sites for hydroxylation is 1. The van der Waals surface area contributed by atoms with E-state index < -0.39 is 21.9 Å². The third-order valence-electron chi connectivity index (χ3n) is 3.71. The maximum Gasteiger partial charge on any atom is 0.306 e. The van der Waals surface area contributed by atoms with Crippen LogP contribution in [0.5, 0.6) is 0 Å². The molecule has 1 aromatic heterocycles. The number of imidazole rings is 1. The van der Waals surface area contributed by atoms with Gasteiger partial charge in [-0.3, -0.25) is 4.79 Å². The van der Waals surface area contributed by atoms with Gasteiger partial charge in [-0.2, -0.15) is 4.31 Å². The molecule has 112 valence electrons. The van der Waals surface area contributed by atoms with Gasteiger partial charge in [0.1, 0.15) is 0 Å². The predicted molar refractivity (Wildman–Crippen MR) is 71.6 cm³/mol. The summed E-state index contributed by atoms with van der Waals surface area (Å²) in [6.07, 6.45) is 3.67. The third kappa shape index (κ3) is 2.71. The molecule has 1 aliphatic rings. The van der Waals surface area contributed by atoms with Crippen molar-refractivity contribution in [2.75, 3.05) is 6.54 Å². The van der Waals surface area contributed by atoms with Gasteiger partial charge in [-0.05, 0) is 26.7 Å². The Morgan fingerprint density at radius 1 is 1.55 bits per heavy atom. The molecule has 1 N–H and O–H groups in total. The van der Waals surface area contributed by atoms with Crippen molar-refractivity contribution in [2.45, 2.75) is 44.3 Å². The number of piperidine rings is 1. The second-order valence-electron chi connectivity index (χ2n) is 5.07. The first kappa shape index (κ1) is 15.0. The average molecular weight is 301 g/mol. The Hall–Kier alpha value is -1.41. The molecule has 0 radical (unpaired) electrons. The Morgan fingerprint density at radius 2 is 2.25 bits per heavy atom. The van der Waals surface area contributed by atoms with Gasteiger partial charge >= 0.3 is 5.97 Å². The van der Waals surface area contributed by atoms with Crippen LogP contribution >= 0.6 is 0 Å². The lowest BCUT2D eigenvalue weighted by atomic mass is 9.93. The highest BCUT2D eigenvalue weighted by Gasteiger charge is 2.37. The summed E-state index contributed by atoms with van der Waals surface area (Å²) in [5.74, 6) is -1.33. The Morgan fingerprint density at radius 3 is 2.75 bits per heavy atom. The van der Waals surface area contributed by atoms with E-state index in [1.165, 1.54) is 16.8 Å². The highest BCUT2D eigenvalue weighted by Crippen LogP contribution is 2.27. The maximum absolute atomic E-state index is 12.5. The Balaban J connectivity index is 2.20. The van der Waals surface area contributed by atoms with Crippen LogP contribution < -0.4 is 0 Å². The van der Waals surface area contributed by atoms with Crippen LogP contribution in [0.25, 0.3) is 0 Å². The first-order valence-electron chi connectivity index (χ1n) is 6.62. The minimum Gasteiger partial charge on any atom is -0.481 e. The number of carboxylic acids is 1. The van der Waals surface area contributed by atoms with E-state index in [1.54, 1.807) is 11.5 Å². The monoisotopic (exact) mass is 301 g/mol. The van der Waals surface area contributed by atoms with Gasteiger partial charge in [-0.1, -0.05) is 0 Å². The molecule has 2 unspecified atom stereocenters. The zero-order chi connectivity index (χ0) is 14.9. The Bertz CT molecular complexity index is 596. The number of carbonyl (C=O) groups is 1. The van der Waals surface area contributed by atoms with Crippen molar-refractivity contribution in [1.29, 1.82) is 0 Å². The summed E-state index contributed by atoms with van der Waals surface area (Å²) in [5.41, 5.74) is 0. The highest BCUT2D eigenvalue weighted by atomic mass is 32.2. The first-order chi connectivity index (χ1) is 9.36. The van der Waals surface area contributed by atoms with Crippen molar-refractivity contribution >= 4 is 16.0 Å². The van der Waals surface area contributed by atoms with Crippen molar-refractivity contribution in [3.8, 4) is 0 Å². The van der Waals surface area contributed by atoms with Crippen molar-refractivity contribution in [3.63, 3.8) is 0 Å². The number of rotatable bonds is 4. The minimum atomic E-state index is -3.64. The summed E-state index contributed by atoms with van der Waals surface area (Å²) in [6, 6.07) is -0.332. The smallest absolute Gasteiger partial charge is 0.306 e. The second-order valence-corrected chi connectivity index (χ2v) is 6.90. The molecular weight excluding hydrogens is 282 g/mol. The fraction of sp³-hybridized carbons (Fsp3) is 0.667. The fourth-order valence-electron chi connectivity index (χ4n) is 2.50. The largest absolute Gasteiger partial charge is 0.481 e. The van der Waals surface area contributed by atoms with Crippen LogP contribution in [0, 0.1) is 5.92 Å². The lowest BCUT2D eigenvalue weighted by Gasteiger charge is -2.34. The summed E-state index contributed by atoms with van der Waals surface area (Å²) >= 11 is 0. The molecule has 0 aromatic carbocycles. The second kappa shape index (κ2) is 5.53. The third-order valence-corrected chi connectivity index (χ3v) is 5.61. The van der Waals surface area contributed by atoms with E-state index in [9.17, 15) is 13.2 Å². The van der Waals surface area contributed by atoms with E-state index in [2.05, 4.69) is 4.98 Å². The van der Waals surface area contributed by atoms with Gasteiger partial charge in [0.2, 0.25) is 0 Å². The summed E-state index contributed by atoms with van der Waals surface area (Å²) in [4.78, 5) is 14.9. The van der Waals surface area contributed by atoms with Crippen LogP contribution in [0.15, 0.2) is 17.6 Å². The van der Waals surface area contributed by atoms with Crippen LogP contribution in [0.2, 0.25) is 0 Å². The molecular formula is C12H19N3O4S. The fourth-order valence-corrected chi connectivity index (χ4v) is 4.09. The summed E-state index contributed by atoms with van der Waals surface area (Å²) in [6.45, 7) is 4.52. The van der Waals surface area contributed by atoms with E-state index in [4.69, 9.17) is 5.11 Å². The standard InChI is InChI=1S/C12H19N3O4S/c1-3-14-7-11(13-8-14)20(18,19)15-5-4-10(12(16)17)6-9(15)2/h7-10H,3-6H2,1-2H3,(H,16,17). The van der Waals surface area contributed by atoms with Crippen LogP contribution in [0.1, 0.15) is 26.7 Å². The van der Waals surface area contributed by atoms with Gasteiger partial charge in [-0.15, -0.1) is 0 Å². The number of sulfonamides is 1. The highest BCUT2D eigenvalue weighted by molar-refractivity contribution is 7.89. The molecule has 7 nitrogen and oxygen atoms in total. The minimum absolute atomic E-state index is 0.0278. The van der Waals surface area contributed by atoms with Crippen molar-refractivity contribution in [1.82, 2.24) is 13.9 Å². The Kier molecular flexibility index (Phi) is 4.14. The molecule has 0 bridgehead atoms. The maximum atomic E-state index is 12.5. The zero-order valence-corrected chi connectivity index (χ0v) is 12.4. The molecule has 1 aliphatic heterocycles. The van der Waals surface area contributed by atoms with Gasteiger partial charge in [0, 0.05) is 25.3 Å². The molecule has 2 heterocycles. The number of aliphatic carboxylic acids is 1. The lowest BCUT2D eigenvalue weighted by Crippen LogP contribution is -2.46. The van der Waals surface area contributed by atoms with Gasteiger partial charge in [-0.25, -0.2) is 13.4 Å². The molecule has 0 saturated carbocycles. The average Bonchev–Trinajstić information content (AvgIpc) is 2.87. The number of aromatic nitrogens is 2. The topological polar surface area (TPSA) is 92.5 Å². The molecule has 0 aliphatic carbocycles. The van der Waals surface area contributed by atoms with Crippen LogP contribution in [0.4, 0.5) is 0 Å². The molecule has 0 amide bonds. The number of nitrogens with zero attached hydrogens (tertiary/aromatic N) is 3. The van der Waals surface area contributed by atoms with Gasteiger partial charge in [0.25, 0.3) is 10.0 Å².